The number of hydrogen-bond donors (Lipinski definition) is 1. The molecule has 2 rings (SSSR count). The summed E-state index contributed by atoms with van der Waals surface area (Å²) in [4.78, 5) is 6.84. The van der Waals surface area contributed by atoms with Gasteiger partial charge in [-0.3, -0.25) is 4.90 Å². The van der Waals surface area contributed by atoms with Crippen molar-refractivity contribution in [3.63, 3.8) is 0 Å². The Hall–Kier alpha value is -0.870. The lowest BCUT2D eigenvalue weighted by atomic mass is 10.3. The van der Waals surface area contributed by atoms with E-state index in [-0.39, 0.29) is 0 Å². The zero-order valence-electron chi connectivity index (χ0n) is 9.45. The highest BCUT2D eigenvalue weighted by atomic mass is 15.2. The second-order valence-electron chi connectivity index (χ2n) is 3.98. The van der Waals surface area contributed by atoms with Gasteiger partial charge in [-0.25, -0.2) is 4.98 Å². The summed E-state index contributed by atoms with van der Waals surface area (Å²) in [5, 5.41) is 3.37. The molecule has 4 heteroatoms. The molecule has 0 saturated carbocycles. The lowest BCUT2D eigenvalue weighted by molar-refractivity contribution is 0.231. The second kappa shape index (κ2) is 5.28. The number of hydrogen-bond acceptors (Lipinski definition) is 3. The van der Waals surface area contributed by atoms with E-state index >= 15 is 0 Å². The highest BCUT2D eigenvalue weighted by Crippen LogP contribution is 2.00. The maximum absolute atomic E-state index is 4.33. The fourth-order valence-electron chi connectivity index (χ4n) is 2.04. The fraction of sp³-hybridized carbons (Fsp3) is 0.727. The minimum atomic E-state index is 1.02. The van der Waals surface area contributed by atoms with E-state index < -0.39 is 0 Å². The molecule has 84 valence electrons. The van der Waals surface area contributed by atoms with Crippen LogP contribution in [0.3, 0.4) is 0 Å². The van der Waals surface area contributed by atoms with Crippen molar-refractivity contribution in [1.29, 1.82) is 0 Å². The van der Waals surface area contributed by atoms with Crippen molar-refractivity contribution in [2.75, 3.05) is 32.7 Å². The molecule has 0 spiro atoms. The Kier molecular flexibility index (Phi) is 3.75. The van der Waals surface area contributed by atoms with Gasteiger partial charge in [0.15, 0.2) is 0 Å². The summed E-state index contributed by atoms with van der Waals surface area (Å²) in [7, 11) is 0. The minimum absolute atomic E-state index is 1.02. The average Bonchev–Trinajstić information content (AvgIpc) is 2.75. The first-order valence-electron chi connectivity index (χ1n) is 5.83. The van der Waals surface area contributed by atoms with Gasteiger partial charge in [0.2, 0.25) is 0 Å². The van der Waals surface area contributed by atoms with E-state index in [1.807, 2.05) is 6.20 Å². The molecule has 2 heterocycles. The van der Waals surface area contributed by atoms with Gasteiger partial charge in [-0.15, -0.1) is 0 Å². The van der Waals surface area contributed by atoms with E-state index in [1.165, 1.54) is 18.9 Å². The van der Waals surface area contributed by atoms with Crippen molar-refractivity contribution >= 4 is 0 Å². The number of piperazine rings is 1. The van der Waals surface area contributed by atoms with E-state index in [1.54, 1.807) is 0 Å². The van der Waals surface area contributed by atoms with Gasteiger partial charge in [-0.05, 0) is 0 Å². The molecule has 1 aliphatic heterocycles. The zero-order valence-corrected chi connectivity index (χ0v) is 9.45. The SMILES string of the molecule is CCc1nccn1CCN1CCNCC1. The van der Waals surface area contributed by atoms with Crippen molar-refractivity contribution in [3.05, 3.63) is 18.2 Å². The molecule has 1 aliphatic rings. The van der Waals surface area contributed by atoms with Gasteiger partial charge >= 0.3 is 0 Å². The molecule has 0 aliphatic carbocycles. The van der Waals surface area contributed by atoms with Gasteiger partial charge in [0.05, 0.1) is 0 Å². The number of rotatable bonds is 4. The Balaban J connectivity index is 1.81. The first-order valence-corrected chi connectivity index (χ1v) is 5.83. The first kappa shape index (κ1) is 10.6. The summed E-state index contributed by atoms with van der Waals surface area (Å²) < 4.78 is 2.27. The fourth-order valence-corrected chi connectivity index (χ4v) is 2.04. The molecular weight excluding hydrogens is 188 g/mol. The van der Waals surface area contributed by atoms with Crippen LogP contribution in [0.2, 0.25) is 0 Å². The average molecular weight is 208 g/mol. The van der Waals surface area contributed by atoms with E-state index in [9.17, 15) is 0 Å². The summed E-state index contributed by atoms with van der Waals surface area (Å²) in [5.74, 6) is 1.20. The van der Waals surface area contributed by atoms with E-state index in [0.29, 0.717) is 0 Å². The molecule has 15 heavy (non-hydrogen) atoms. The van der Waals surface area contributed by atoms with Crippen LogP contribution in [-0.2, 0) is 13.0 Å². The molecule has 0 atom stereocenters. The standard InChI is InChI=1S/C11H20N4/c1-2-11-13-5-8-15(11)10-9-14-6-3-12-4-7-14/h5,8,12H,2-4,6-7,9-10H2,1H3. The Morgan fingerprint density at radius 3 is 2.87 bits per heavy atom. The molecule has 0 aromatic carbocycles. The van der Waals surface area contributed by atoms with Crippen LogP contribution in [0.1, 0.15) is 12.7 Å². The van der Waals surface area contributed by atoms with Crippen molar-refractivity contribution in [1.82, 2.24) is 19.8 Å². The van der Waals surface area contributed by atoms with Crippen molar-refractivity contribution in [3.8, 4) is 0 Å². The van der Waals surface area contributed by atoms with Gasteiger partial charge in [0, 0.05) is 58.1 Å². The van der Waals surface area contributed by atoms with E-state index in [2.05, 4.69) is 32.9 Å². The van der Waals surface area contributed by atoms with E-state index in [4.69, 9.17) is 0 Å². The van der Waals surface area contributed by atoms with Crippen LogP contribution >= 0.6 is 0 Å². The van der Waals surface area contributed by atoms with Gasteiger partial charge in [0.1, 0.15) is 5.82 Å². The lowest BCUT2D eigenvalue weighted by Gasteiger charge is -2.27. The summed E-state index contributed by atoms with van der Waals surface area (Å²) in [6.07, 6.45) is 5.01. The Labute approximate surface area is 91.3 Å². The predicted molar refractivity (Wildman–Crippen MR) is 60.9 cm³/mol. The number of nitrogens with one attached hydrogen (secondary N) is 1. The van der Waals surface area contributed by atoms with Gasteiger partial charge in [-0.2, -0.15) is 0 Å². The van der Waals surface area contributed by atoms with Gasteiger partial charge < -0.3 is 9.88 Å². The van der Waals surface area contributed by atoms with Crippen molar-refractivity contribution in [2.24, 2.45) is 0 Å². The van der Waals surface area contributed by atoms with Crippen molar-refractivity contribution in [2.45, 2.75) is 19.9 Å². The number of aromatic nitrogens is 2. The molecule has 4 nitrogen and oxygen atoms in total. The molecule has 1 saturated heterocycles. The maximum atomic E-state index is 4.33. The molecule has 0 radical (unpaired) electrons. The first-order chi connectivity index (χ1) is 7.40. The summed E-state index contributed by atoms with van der Waals surface area (Å²) in [6.45, 7) is 8.99. The third kappa shape index (κ3) is 2.79. The molecule has 0 amide bonds. The Morgan fingerprint density at radius 1 is 1.33 bits per heavy atom. The normalized spacial score (nSPS) is 18.2. The molecule has 1 N–H and O–H groups in total. The van der Waals surface area contributed by atoms with E-state index in [0.717, 1.165) is 32.6 Å². The van der Waals surface area contributed by atoms with Crippen LogP contribution < -0.4 is 5.32 Å². The third-order valence-electron chi connectivity index (χ3n) is 2.98. The summed E-state index contributed by atoms with van der Waals surface area (Å²) in [6, 6.07) is 0. The summed E-state index contributed by atoms with van der Waals surface area (Å²) >= 11 is 0. The topological polar surface area (TPSA) is 33.1 Å². The molecule has 1 aromatic rings. The number of aryl methyl sites for hydroxylation is 1. The van der Waals surface area contributed by atoms with Gasteiger partial charge in [0.25, 0.3) is 0 Å². The highest BCUT2D eigenvalue weighted by molar-refractivity contribution is 4.91. The monoisotopic (exact) mass is 208 g/mol. The van der Waals surface area contributed by atoms with Crippen LogP contribution in [0.15, 0.2) is 12.4 Å². The molecule has 1 fully saturated rings. The lowest BCUT2D eigenvalue weighted by Crippen LogP contribution is -2.44. The summed E-state index contributed by atoms with van der Waals surface area (Å²) in [5.41, 5.74) is 0. The quantitative estimate of drug-likeness (QED) is 0.775. The molecule has 0 unspecified atom stereocenters. The molecule has 0 bridgehead atoms. The predicted octanol–water partition coefficient (Wildman–Crippen LogP) is 0.351. The van der Waals surface area contributed by atoms with Crippen LogP contribution in [0.5, 0.6) is 0 Å². The van der Waals surface area contributed by atoms with Crippen LogP contribution in [-0.4, -0.2) is 47.2 Å². The Morgan fingerprint density at radius 2 is 2.13 bits per heavy atom. The highest BCUT2D eigenvalue weighted by Gasteiger charge is 2.09. The second-order valence-corrected chi connectivity index (χ2v) is 3.98. The van der Waals surface area contributed by atoms with Gasteiger partial charge in [-0.1, -0.05) is 6.92 Å². The third-order valence-corrected chi connectivity index (χ3v) is 2.98. The van der Waals surface area contributed by atoms with Crippen LogP contribution in [0.4, 0.5) is 0 Å². The van der Waals surface area contributed by atoms with Crippen LogP contribution in [0, 0.1) is 0 Å². The Bertz CT molecular complexity index is 289. The zero-order chi connectivity index (χ0) is 10.5. The number of imidazole rings is 1. The maximum Gasteiger partial charge on any atom is 0.108 e. The molecule has 1 aromatic heterocycles. The molecular formula is C11H20N4. The number of nitrogens with zero attached hydrogens (tertiary/aromatic N) is 3. The van der Waals surface area contributed by atoms with Crippen molar-refractivity contribution < 1.29 is 0 Å². The van der Waals surface area contributed by atoms with Crippen LogP contribution in [0.25, 0.3) is 0 Å². The smallest absolute Gasteiger partial charge is 0.108 e. The largest absolute Gasteiger partial charge is 0.334 e. The minimum Gasteiger partial charge on any atom is -0.334 e.